The molecule has 1 aliphatic heterocycles. The zero-order valence-corrected chi connectivity index (χ0v) is 8.44. The van der Waals surface area contributed by atoms with Gasteiger partial charge in [0.1, 0.15) is 0 Å². The van der Waals surface area contributed by atoms with E-state index in [0.29, 0.717) is 17.9 Å². The van der Waals surface area contributed by atoms with Gasteiger partial charge >= 0.3 is 0 Å². The van der Waals surface area contributed by atoms with Crippen molar-refractivity contribution in [1.29, 1.82) is 0 Å². The third-order valence-corrected chi connectivity index (χ3v) is 2.69. The lowest BCUT2D eigenvalue weighted by Gasteiger charge is -2.26. The minimum Gasteiger partial charge on any atom is -0.267 e. The first-order chi connectivity index (χ1) is 6.20. The Morgan fingerprint density at radius 1 is 1.46 bits per heavy atom. The Bertz CT molecular complexity index is 286. The second-order valence-corrected chi connectivity index (χ2v) is 4.06. The molecule has 0 amide bonds. The summed E-state index contributed by atoms with van der Waals surface area (Å²) in [5, 5.41) is 6.55. The molecular formula is C11H16N2. The minimum atomic E-state index is 0.464. The summed E-state index contributed by atoms with van der Waals surface area (Å²) < 4.78 is 0. The first-order valence-corrected chi connectivity index (χ1v) is 4.92. The maximum absolute atomic E-state index is 4.43. The van der Waals surface area contributed by atoms with Crippen molar-refractivity contribution in [2.24, 2.45) is 16.9 Å². The lowest BCUT2D eigenvalue weighted by atomic mass is 9.88. The number of allylic oxidation sites excluding steroid dienone is 4. The summed E-state index contributed by atoms with van der Waals surface area (Å²) in [4.78, 5) is 0. The van der Waals surface area contributed by atoms with Gasteiger partial charge in [-0.2, -0.15) is 5.10 Å². The second-order valence-electron chi connectivity index (χ2n) is 4.06. The predicted octanol–water partition coefficient (Wildman–Crippen LogP) is 2.40. The topological polar surface area (TPSA) is 15.6 Å². The zero-order chi connectivity index (χ0) is 9.42. The van der Waals surface area contributed by atoms with Crippen molar-refractivity contribution in [3.8, 4) is 0 Å². The summed E-state index contributed by atoms with van der Waals surface area (Å²) in [5.41, 5.74) is 1.35. The van der Waals surface area contributed by atoms with Crippen LogP contribution in [0.5, 0.6) is 0 Å². The van der Waals surface area contributed by atoms with Crippen molar-refractivity contribution in [3.05, 3.63) is 23.9 Å². The van der Waals surface area contributed by atoms with Crippen LogP contribution in [0.4, 0.5) is 0 Å². The third kappa shape index (κ3) is 1.30. The maximum Gasteiger partial charge on any atom is 0.0466 e. The molecule has 70 valence electrons. The van der Waals surface area contributed by atoms with E-state index in [-0.39, 0.29) is 0 Å². The molecule has 13 heavy (non-hydrogen) atoms. The van der Waals surface area contributed by atoms with E-state index in [1.807, 2.05) is 0 Å². The Hall–Kier alpha value is -1.05. The van der Waals surface area contributed by atoms with Gasteiger partial charge in [0, 0.05) is 23.9 Å². The molecule has 2 unspecified atom stereocenters. The summed E-state index contributed by atoms with van der Waals surface area (Å²) in [5.74, 6) is 1.10. The quantitative estimate of drug-likeness (QED) is 0.599. The normalized spacial score (nSPS) is 31.1. The summed E-state index contributed by atoms with van der Waals surface area (Å²) in [6, 6.07) is 0.464. The van der Waals surface area contributed by atoms with E-state index in [4.69, 9.17) is 0 Å². The highest BCUT2D eigenvalue weighted by Crippen LogP contribution is 2.32. The lowest BCUT2D eigenvalue weighted by molar-refractivity contribution is 0.291. The van der Waals surface area contributed by atoms with Crippen molar-refractivity contribution in [3.63, 3.8) is 0 Å². The van der Waals surface area contributed by atoms with Crippen molar-refractivity contribution >= 4 is 6.21 Å². The predicted molar refractivity (Wildman–Crippen MR) is 55.3 cm³/mol. The number of fused-ring (bicyclic) bond motifs is 1. The summed E-state index contributed by atoms with van der Waals surface area (Å²) in [6.07, 6.45) is 8.63. The monoisotopic (exact) mass is 176 g/mol. The molecule has 0 spiro atoms. The van der Waals surface area contributed by atoms with Gasteiger partial charge in [-0.1, -0.05) is 19.1 Å². The van der Waals surface area contributed by atoms with Gasteiger partial charge in [0.05, 0.1) is 0 Å². The molecule has 0 radical (unpaired) electrons. The van der Waals surface area contributed by atoms with Crippen molar-refractivity contribution in [2.75, 3.05) is 0 Å². The van der Waals surface area contributed by atoms with Crippen LogP contribution in [0.15, 0.2) is 29.0 Å². The van der Waals surface area contributed by atoms with E-state index in [2.05, 4.69) is 55.3 Å². The second kappa shape index (κ2) is 3.02. The largest absolute Gasteiger partial charge is 0.267 e. The molecule has 2 atom stereocenters. The molecule has 0 fully saturated rings. The first kappa shape index (κ1) is 8.54. The fourth-order valence-corrected chi connectivity index (χ4v) is 1.91. The van der Waals surface area contributed by atoms with Crippen LogP contribution in [0.3, 0.4) is 0 Å². The van der Waals surface area contributed by atoms with Crippen molar-refractivity contribution in [2.45, 2.75) is 26.8 Å². The maximum atomic E-state index is 4.43. The molecule has 0 N–H and O–H groups in total. The van der Waals surface area contributed by atoms with Gasteiger partial charge in [0.15, 0.2) is 0 Å². The fourth-order valence-electron chi connectivity index (χ4n) is 1.91. The van der Waals surface area contributed by atoms with Gasteiger partial charge in [0.2, 0.25) is 0 Å². The van der Waals surface area contributed by atoms with Crippen LogP contribution in [0.1, 0.15) is 20.8 Å². The molecule has 0 aromatic heterocycles. The Balaban J connectivity index is 2.27. The molecule has 0 aromatic carbocycles. The Morgan fingerprint density at radius 2 is 2.23 bits per heavy atom. The molecule has 0 saturated carbocycles. The Kier molecular flexibility index (Phi) is 1.98. The highest BCUT2D eigenvalue weighted by atomic mass is 15.5. The standard InChI is InChI=1S/C11H16N2/c1-8(2)13-11-6-4-5-9(3)10(11)7-12-13/h4-10H,1-3H3. The van der Waals surface area contributed by atoms with E-state index >= 15 is 0 Å². The molecule has 2 nitrogen and oxygen atoms in total. The van der Waals surface area contributed by atoms with E-state index < -0.39 is 0 Å². The fraction of sp³-hybridized carbons (Fsp3) is 0.545. The smallest absolute Gasteiger partial charge is 0.0466 e. The highest BCUT2D eigenvalue weighted by molar-refractivity contribution is 5.69. The van der Waals surface area contributed by atoms with Gasteiger partial charge in [-0.25, -0.2) is 0 Å². The Labute approximate surface area is 79.6 Å². The third-order valence-electron chi connectivity index (χ3n) is 2.69. The van der Waals surface area contributed by atoms with Gasteiger partial charge in [-0.05, 0) is 25.8 Å². The summed E-state index contributed by atoms with van der Waals surface area (Å²) >= 11 is 0. The SMILES string of the molecule is CC1C=CC=C2C1C=NN2C(C)C. The van der Waals surface area contributed by atoms with Crippen molar-refractivity contribution in [1.82, 2.24) is 5.01 Å². The molecule has 0 aromatic rings. The van der Waals surface area contributed by atoms with Crippen LogP contribution in [0.2, 0.25) is 0 Å². The van der Waals surface area contributed by atoms with E-state index in [0.717, 1.165) is 0 Å². The number of hydrogen-bond acceptors (Lipinski definition) is 2. The number of hydrazone groups is 1. The van der Waals surface area contributed by atoms with Crippen LogP contribution in [-0.4, -0.2) is 17.3 Å². The van der Waals surface area contributed by atoms with E-state index in [1.165, 1.54) is 5.70 Å². The molecule has 0 bridgehead atoms. The zero-order valence-electron chi connectivity index (χ0n) is 8.44. The molecule has 1 heterocycles. The van der Waals surface area contributed by atoms with Gasteiger partial charge in [-0.15, -0.1) is 0 Å². The van der Waals surface area contributed by atoms with Gasteiger partial charge < -0.3 is 0 Å². The molecule has 1 aliphatic carbocycles. The summed E-state index contributed by atoms with van der Waals surface area (Å²) in [6.45, 7) is 6.58. The average molecular weight is 176 g/mol. The number of nitrogens with zero attached hydrogens (tertiary/aromatic N) is 2. The lowest BCUT2D eigenvalue weighted by Crippen LogP contribution is -2.26. The molecule has 2 aliphatic rings. The van der Waals surface area contributed by atoms with Crippen LogP contribution in [0, 0.1) is 11.8 Å². The van der Waals surface area contributed by atoms with Crippen LogP contribution < -0.4 is 0 Å². The summed E-state index contributed by atoms with van der Waals surface area (Å²) in [7, 11) is 0. The molecule has 2 rings (SSSR count). The van der Waals surface area contributed by atoms with Gasteiger partial charge in [0.25, 0.3) is 0 Å². The van der Waals surface area contributed by atoms with Crippen molar-refractivity contribution < 1.29 is 0 Å². The highest BCUT2D eigenvalue weighted by Gasteiger charge is 2.30. The van der Waals surface area contributed by atoms with Crippen LogP contribution in [0.25, 0.3) is 0 Å². The first-order valence-electron chi connectivity index (χ1n) is 4.92. The van der Waals surface area contributed by atoms with Crippen LogP contribution >= 0.6 is 0 Å². The minimum absolute atomic E-state index is 0.464. The van der Waals surface area contributed by atoms with Gasteiger partial charge in [-0.3, -0.25) is 5.01 Å². The molecule has 0 saturated heterocycles. The number of rotatable bonds is 1. The number of hydrogen-bond donors (Lipinski definition) is 0. The van der Waals surface area contributed by atoms with E-state index in [9.17, 15) is 0 Å². The molecular weight excluding hydrogens is 160 g/mol. The molecule has 2 heteroatoms. The van der Waals surface area contributed by atoms with E-state index in [1.54, 1.807) is 0 Å². The average Bonchev–Trinajstić information content (AvgIpc) is 2.48. The Morgan fingerprint density at radius 3 is 2.92 bits per heavy atom. The van der Waals surface area contributed by atoms with Crippen LogP contribution in [-0.2, 0) is 0 Å².